The van der Waals surface area contributed by atoms with Gasteiger partial charge in [-0.15, -0.1) is 0 Å². The quantitative estimate of drug-likeness (QED) is 0.639. The van der Waals surface area contributed by atoms with Gasteiger partial charge < -0.3 is 14.2 Å². The highest BCUT2D eigenvalue weighted by molar-refractivity contribution is 6.32. The van der Waals surface area contributed by atoms with Crippen LogP contribution in [-0.4, -0.2) is 50.8 Å². The zero-order valence-corrected chi connectivity index (χ0v) is 18.1. The molecule has 2 aliphatic heterocycles. The predicted octanol–water partition coefficient (Wildman–Crippen LogP) is 3.71. The third-order valence-corrected chi connectivity index (χ3v) is 5.63. The molecule has 1 saturated heterocycles. The Labute approximate surface area is 182 Å². The zero-order chi connectivity index (χ0) is 21.8. The van der Waals surface area contributed by atoms with E-state index in [4.69, 9.17) is 24.3 Å². The highest BCUT2D eigenvalue weighted by atomic mass is 16.5. The van der Waals surface area contributed by atoms with Gasteiger partial charge in [0.2, 0.25) is 0 Å². The molecule has 1 amide bonds. The summed E-state index contributed by atoms with van der Waals surface area (Å²) in [6.07, 6.45) is 2.20. The summed E-state index contributed by atoms with van der Waals surface area (Å²) >= 11 is 0. The number of aliphatic imine (C=N–C) groups is 1. The topological polar surface area (TPSA) is 72.7 Å². The molecule has 4 rings (SSSR count). The first kappa shape index (κ1) is 21.1. The second-order valence-corrected chi connectivity index (χ2v) is 7.61. The van der Waals surface area contributed by atoms with Crippen molar-refractivity contribution in [1.29, 1.82) is 0 Å². The largest absolute Gasteiger partial charge is 0.497 e. The van der Waals surface area contributed by atoms with Crippen LogP contribution in [0, 0.1) is 5.92 Å². The van der Waals surface area contributed by atoms with E-state index in [0.29, 0.717) is 17.9 Å². The highest BCUT2D eigenvalue weighted by Gasteiger charge is 2.39. The van der Waals surface area contributed by atoms with E-state index in [9.17, 15) is 4.79 Å². The summed E-state index contributed by atoms with van der Waals surface area (Å²) in [6, 6.07) is 14.9. The van der Waals surface area contributed by atoms with Gasteiger partial charge in [-0.3, -0.25) is 9.79 Å². The number of amides is 1. The molecule has 0 N–H and O–H groups in total. The zero-order valence-electron chi connectivity index (χ0n) is 18.1. The molecule has 0 aliphatic carbocycles. The Morgan fingerprint density at radius 2 is 1.74 bits per heavy atom. The van der Waals surface area contributed by atoms with E-state index < -0.39 is 5.92 Å². The molecule has 1 unspecified atom stereocenters. The lowest BCUT2D eigenvalue weighted by Crippen LogP contribution is -2.33. The number of carbonyl (C=O) groups excluding carboxylic acids is 1. The SMILES string of the molecule is COc1ccc(C2=NN(c3ccc(OC)cc3)C(=O)C2C(C)=NC[C@H]2CCCO2)cc1. The molecule has 2 atom stereocenters. The maximum atomic E-state index is 13.4. The average Bonchev–Trinajstić information content (AvgIpc) is 3.45. The highest BCUT2D eigenvalue weighted by Crippen LogP contribution is 2.30. The molecule has 2 heterocycles. The van der Waals surface area contributed by atoms with E-state index in [2.05, 4.69) is 0 Å². The van der Waals surface area contributed by atoms with Crippen molar-refractivity contribution >= 4 is 23.0 Å². The second kappa shape index (κ2) is 9.31. The first-order valence-electron chi connectivity index (χ1n) is 10.4. The smallest absolute Gasteiger partial charge is 0.262 e. The molecule has 2 aromatic rings. The van der Waals surface area contributed by atoms with Crippen LogP contribution in [0.25, 0.3) is 0 Å². The summed E-state index contributed by atoms with van der Waals surface area (Å²) < 4.78 is 16.2. The van der Waals surface area contributed by atoms with Crippen molar-refractivity contribution in [3.8, 4) is 11.5 Å². The third kappa shape index (κ3) is 4.46. The van der Waals surface area contributed by atoms with Gasteiger partial charge in [0, 0.05) is 12.3 Å². The minimum Gasteiger partial charge on any atom is -0.497 e. The molecular formula is C24H27N3O4. The van der Waals surface area contributed by atoms with Crippen LogP contribution in [0.15, 0.2) is 58.6 Å². The molecule has 2 aliphatic rings. The summed E-state index contributed by atoms with van der Waals surface area (Å²) in [5, 5.41) is 6.16. The summed E-state index contributed by atoms with van der Waals surface area (Å²) in [6.45, 7) is 3.24. The van der Waals surface area contributed by atoms with Crippen LogP contribution >= 0.6 is 0 Å². The lowest BCUT2D eigenvalue weighted by atomic mass is 9.92. The molecule has 7 heteroatoms. The Morgan fingerprint density at radius 3 is 2.32 bits per heavy atom. The fraction of sp³-hybridized carbons (Fsp3) is 0.375. The van der Waals surface area contributed by atoms with Gasteiger partial charge in [0.1, 0.15) is 17.4 Å². The summed E-state index contributed by atoms with van der Waals surface area (Å²) in [5.41, 5.74) is 2.97. The maximum absolute atomic E-state index is 13.4. The Balaban J connectivity index is 1.67. The van der Waals surface area contributed by atoms with E-state index in [-0.39, 0.29) is 12.0 Å². The van der Waals surface area contributed by atoms with Gasteiger partial charge in [0.05, 0.1) is 38.3 Å². The Bertz CT molecular complexity index is 977. The number of rotatable bonds is 7. The number of hydrogen-bond donors (Lipinski definition) is 0. The van der Waals surface area contributed by atoms with E-state index in [1.165, 1.54) is 5.01 Å². The van der Waals surface area contributed by atoms with Crippen molar-refractivity contribution in [3.63, 3.8) is 0 Å². The van der Waals surface area contributed by atoms with Gasteiger partial charge in [0.25, 0.3) is 5.91 Å². The lowest BCUT2D eigenvalue weighted by Gasteiger charge is -2.16. The van der Waals surface area contributed by atoms with Gasteiger partial charge in [-0.2, -0.15) is 10.1 Å². The Morgan fingerprint density at radius 1 is 1.10 bits per heavy atom. The monoisotopic (exact) mass is 421 g/mol. The predicted molar refractivity (Wildman–Crippen MR) is 120 cm³/mol. The molecule has 0 bridgehead atoms. The van der Waals surface area contributed by atoms with Crippen molar-refractivity contribution < 1.29 is 19.0 Å². The molecule has 0 spiro atoms. The van der Waals surface area contributed by atoms with E-state index in [0.717, 1.165) is 42.2 Å². The molecule has 7 nitrogen and oxygen atoms in total. The summed E-state index contributed by atoms with van der Waals surface area (Å²) in [7, 11) is 3.24. The minimum absolute atomic E-state index is 0.121. The average molecular weight is 421 g/mol. The Kier molecular flexibility index (Phi) is 6.32. The van der Waals surface area contributed by atoms with Gasteiger partial charge in [-0.1, -0.05) is 0 Å². The number of hydrogen-bond acceptors (Lipinski definition) is 6. The molecule has 1 fully saturated rings. The van der Waals surface area contributed by atoms with Crippen molar-refractivity contribution in [3.05, 3.63) is 54.1 Å². The van der Waals surface area contributed by atoms with Crippen LogP contribution in [0.5, 0.6) is 11.5 Å². The van der Waals surface area contributed by atoms with Gasteiger partial charge in [0.15, 0.2) is 0 Å². The van der Waals surface area contributed by atoms with E-state index in [1.807, 2.05) is 55.5 Å². The molecular weight excluding hydrogens is 394 g/mol. The van der Waals surface area contributed by atoms with Crippen LogP contribution in [0.1, 0.15) is 25.3 Å². The van der Waals surface area contributed by atoms with E-state index in [1.54, 1.807) is 14.2 Å². The lowest BCUT2D eigenvalue weighted by molar-refractivity contribution is -0.118. The summed E-state index contributed by atoms with van der Waals surface area (Å²) in [4.78, 5) is 18.2. The second-order valence-electron chi connectivity index (χ2n) is 7.61. The van der Waals surface area contributed by atoms with Crippen molar-refractivity contribution in [2.24, 2.45) is 16.0 Å². The minimum atomic E-state index is -0.545. The number of nitrogens with zero attached hydrogens (tertiary/aromatic N) is 3. The standard InChI is InChI=1S/C24H27N3O4/c1-16(25-15-21-5-4-14-31-21)22-23(17-6-10-19(29-2)11-7-17)26-27(24(22)28)18-8-12-20(30-3)13-9-18/h6-13,21-22H,4-5,14-15H2,1-3H3/t21-,22?/m1/s1. The number of carbonyl (C=O) groups is 1. The maximum Gasteiger partial charge on any atom is 0.262 e. The van der Waals surface area contributed by atoms with Crippen molar-refractivity contribution in [2.75, 3.05) is 32.4 Å². The molecule has 0 aromatic heterocycles. The van der Waals surface area contributed by atoms with E-state index >= 15 is 0 Å². The fourth-order valence-corrected chi connectivity index (χ4v) is 3.85. The first-order chi connectivity index (χ1) is 15.1. The van der Waals surface area contributed by atoms with Crippen molar-refractivity contribution in [1.82, 2.24) is 0 Å². The fourth-order valence-electron chi connectivity index (χ4n) is 3.85. The van der Waals surface area contributed by atoms with Crippen LogP contribution in [0.2, 0.25) is 0 Å². The molecule has 0 saturated carbocycles. The van der Waals surface area contributed by atoms with Crippen LogP contribution in [0.4, 0.5) is 5.69 Å². The number of benzene rings is 2. The number of ether oxygens (including phenoxy) is 3. The third-order valence-electron chi connectivity index (χ3n) is 5.63. The summed E-state index contributed by atoms with van der Waals surface area (Å²) in [5.74, 6) is 0.808. The van der Waals surface area contributed by atoms with Gasteiger partial charge >= 0.3 is 0 Å². The molecule has 2 aromatic carbocycles. The van der Waals surface area contributed by atoms with Crippen molar-refractivity contribution in [2.45, 2.75) is 25.9 Å². The molecule has 0 radical (unpaired) electrons. The molecule has 162 valence electrons. The van der Waals surface area contributed by atoms with Crippen LogP contribution in [0.3, 0.4) is 0 Å². The number of hydrazone groups is 1. The van der Waals surface area contributed by atoms with Gasteiger partial charge in [-0.25, -0.2) is 0 Å². The number of methoxy groups -OCH3 is 2. The number of anilines is 1. The normalized spacial score (nSPS) is 21.4. The molecule has 31 heavy (non-hydrogen) atoms. The van der Waals surface area contributed by atoms with Gasteiger partial charge in [-0.05, 0) is 73.9 Å². The first-order valence-corrected chi connectivity index (χ1v) is 10.4. The van der Waals surface area contributed by atoms with Crippen LogP contribution < -0.4 is 14.5 Å². The Hall–Kier alpha value is -3.19. The van der Waals surface area contributed by atoms with Crippen LogP contribution in [-0.2, 0) is 9.53 Å².